The lowest BCUT2D eigenvalue weighted by molar-refractivity contribution is 0.268. The van der Waals surface area contributed by atoms with Gasteiger partial charge in [-0.3, -0.25) is 0 Å². The molecule has 68 valence electrons. The first kappa shape index (κ1) is 8.19. The molecule has 13 heavy (non-hydrogen) atoms. The second-order valence-electron chi connectivity index (χ2n) is 3.05. The maximum atomic E-state index is 9.00. The predicted octanol–water partition coefficient (Wildman–Crippen LogP) is 0.769. The summed E-state index contributed by atoms with van der Waals surface area (Å²) in [6.07, 6.45) is 1.75. The molecule has 0 spiro atoms. The van der Waals surface area contributed by atoms with Crippen molar-refractivity contribution in [1.29, 1.82) is 0 Å². The molecule has 0 fully saturated rings. The number of aliphatic hydroxyl groups is 1. The Balaban J connectivity index is 2.83. The fourth-order valence-corrected chi connectivity index (χ4v) is 1.39. The molecule has 0 aliphatic rings. The second kappa shape index (κ2) is 2.81. The normalized spacial score (nSPS) is 11.0. The van der Waals surface area contributed by atoms with Crippen LogP contribution in [0, 0.1) is 6.92 Å². The molecule has 2 aromatic rings. The molecular formula is C9H11N3O. The van der Waals surface area contributed by atoms with E-state index in [1.54, 1.807) is 6.20 Å². The van der Waals surface area contributed by atoms with Gasteiger partial charge in [0.25, 0.3) is 0 Å². The van der Waals surface area contributed by atoms with Crippen LogP contribution < -0.4 is 0 Å². The Kier molecular flexibility index (Phi) is 1.77. The highest BCUT2D eigenvalue weighted by atomic mass is 16.3. The minimum Gasteiger partial charge on any atom is -0.388 e. The molecule has 0 saturated heterocycles. The zero-order valence-corrected chi connectivity index (χ0v) is 7.65. The standard InChI is InChI=1S/C9H11N3O/c1-6-3-4-10-9-8(6)11-7(5-13)12(9)2/h3-4,13H,5H2,1-2H3. The van der Waals surface area contributed by atoms with E-state index in [1.165, 1.54) is 0 Å². The topological polar surface area (TPSA) is 50.9 Å². The van der Waals surface area contributed by atoms with E-state index in [-0.39, 0.29) is 6.61 Å². The van der Waals surface area contributed by atoms with E-state index >= 15 is 0 Å². The Morgan fingerprint density at radius 1 is 1.54 bits per heavy atom. The summed E-state index contributed by atoms with van der Waals surface area (Å²) in [5, 5.41) is 9.00. The zero-order chi connectivity index (χ0) is 9.42. The van der Waals surface area contributed by atoms with Crippen molar-refractivity contribution in [2.75, 3.05) is 0 Å². The van der Waals surface area contributed by atoms with E-state index in [0.29, 0.717) is 5.82 Å². The second-order valence-corrected chi connectivity index (χ2v) is 3.05. The van der Waals surface area contributed by atoms with Gasteiger partial charge in [0.05, 0.1) is 0 Å². The summed E-state index contributed by atoms with van der Waals surface area (Å²) in [5.74, 6) is 0.650. The Bertz CT molecular complexity index is 447. The Hall–Kier alpha value is -1.42. The number of pyridine rings is 1. The van der Waals surface area contributed by atoms with Crippen molar-refractivity contribution in [3.63, 3.8) is 0 Å². The maximum Gasteiger partial charge on any atom is 0.160 e. The summed E-state index contributed by atoms with van der Waals surface area (Å²) in [6, 6.07) is 1.91. The highest BCUT2D eigenvalue weighted by molar-refractivity contribution is 5.75. The molecule has 0 saturated carbocycles. The van der Waals surface area contributed by atoms with Crippen LogP contribution >= 0.6 is 0 Å². The largest absolute Gasteiger partial charge is 0.388 e. The van der Waals surface area contributed by atoms with Crippen LogP contribution in [0.3, 0.4) is 0 Å². The van der Waals surface area contributed by atoms with E-state index in [4.69, 9.17) is 5.11 Å². The van der Waals surface area contributed by atoms with Crippen molar-refractivity contribution >= 4 is 11.2 Å². The highest BCUT2D eigenvalue weighted by Gasteiger charge is 2.08. The summed E-state index contributed by atoms with van der Waals surface area (Å²) < 4.78 is 1.81. The average Bonchev–Trinajstić information content (AvgIpc) is 2.45. The fraction of sp³-hybridized carbons (Fsp3) is 0.333. The molecule has 0 radical (unpaired) electrons. The number of hydrogen-bond acceptors (Lipinski definition) is 3. The average molecular weight is 177 g/mol. The van der Waals surface area contributed by atoms with Crippen LogP contribution in [-0.2, 0) is 13.7 Å². The smallest absolute Gasteiger partial charge is 0.160 e. The van der Waals surface area contributed by atoms with E-state index < -0.39 is 0 Å². The maximum absolute atomic E-state index is 9.00. The van der Waals surface area contributed by atoms with Gasteiger partial charge in [-0.25, -0.2) is 9.97 Å². The predicted molar refractivity (Wildman–Crippen MR) is 49.2 cm³/mol. The summed E-state index contributed by atoms with van der Waals surface area (Å²) in [7, 11) is 1.85. The van der Waals surface area contributed by atoms with E-state index in [1.807, 2.05) is 24.6 Å². The molecule has 0 amide bonds. The van der Waals surface area contributed by atoms with Crippen molar-refractivity contribution in [3.8, 4) is 0 Å². The molecule has 0 atom stereocenters. The van der Waals surface area contributed by atoms with E-state index in [0.717, 1.165) is 16.7 Å². The van der Waals surface area contributed by atoms with Crippen LogP contribution in [0.5, 0.6) is 0 Å². The van der Waals surface area contributed by atoms with Crippen LogP contribution in [0.1, 0.15) is 11.4 Å². The minimum atomic E-state index is -0.0493. The number of fused-ring (bicyclic) bond motifs is 1. The first-order valence-corrected chi connectivity index (χ1v) is 4.12. The third-order valence-electron chi connectivity index (χ3n) is 2.19. The van der Waals surface area contributed by atoms with Gasteiger partial charge in [-0.1, -0.05) is 0 Å². The van der Waals surface area contributed by atoms with Gasteiger partial charge in [-0.2, -0.15) is 0 Å². The van der Waals surface area contributed by atoms with Crippen molar-refractivity contribution in [1.82, 2.24) is 14.5 Å². The lowest BCUT2D eigenvalue weighted by Crippen LogP contribution is -1.97. The van der Waals surface area contributed by atoms with Crippen LogP contribution in [0.25, 0.3) is 11.2 Å². The minimum absolute atomic E-state index is 0.0493. The fourth-order valence-electron chi connectivity index (χ4n) is 1.39. The molecule has 2 aromatic heterocycles. The molecule has 0 aliphatic carbocycles. The van der Waals surface area contributed by atoms with Crippen LogP contribution in [0.2, 0.25) is 0 Å². The molecule has 0 unspecified atom stereocenters. The summed E-state index contributed by atoms with van der Waals surface area (Å²) in [4.78, 5) is 8.48. The molecule has 4 nitrogen and oxygen atoms in total. The van der Waals surface area contributed by atoms with Crippen molar-refractivity contribution < 1.29 is 5.11 Å². The van der Waals surface area contributed by atoms with E-state index in [2.05, 4.69) is 9.97 Å². The first-order valence-electron chi connectivity index (χ1n) is 4.12. The lowest BCUT2D eigenvalue weighted by atomic mass is 10.3. The molecule has 0 aromatic carbocycles. The monoisotopic (exact) mass is 177 g/mol. The van der Waals surface area contributed by atoms with Gasteiger partial charge in [0, 0.05) is 13.2 Å². The number of aryl methyl sites for hydroxylation is 2. The molecule has 4 heteroatoms. The Morgan fingerprint density at radius 2 is 2.31 bits per heavy atom. The number of hydrogen-bond donors (Lipinski definition) is 1. The van der Waals surface area contributed by atoms with E-state index in [9.17, 15) is 0 Å². The lowest BCUT2D eigenvalue weighted by Gasteiger charge is -1.96. The SMILES string of the molecule is Cc1ccnc2c1nc(CO)n2C. The molecule has 2 heterocycles. The number of rotatable bonds is 1. The Labute approximate surface area is 75.9 Å². The third kappa shape index (κ3) is 1.10. The molecule has 2 rings (SSSR count). The van der Waals surface area contributed by atoms with Gasteiger partial charge in [-0.05, 0) is 18.6 Å². The van der Waals surface area contributed by atoms with Crippen LogP contribution in [0.15, 0.2) is 12.3 Å². The van der Waals surface area contributed by atoms with Crippen molar-refractivity contribution in [3.05, 3.63) is 23.7 Å². The quantitative estimate of drug-likeness (QED) is 0.700. The van der Waals surface area contributed by atoms with Crippen molar-refractivity contribution in [2.45, 2.75) is 13.5 Å². The van der Waals surface area contributed by atoms with Crippen molar-refractivity contribution in [2.24, 2.45) is 7.05 Å². The highest BCUT2D eigenvalue weighted by Crippen LogP contribution is 2.15. The third-order valence-corrected chi connectivity index (χ3v) is 2.19. The molecule has 1 N–H and O–H groups in total. The number of aromatic nitrogens is 3. The van der Waals surface area contributed by atoms with Gasteiger partial charge in [0.15, 0.2) is 5.65 Å². The van der Waals surface area contributed by atoms with Gasteiger partial charge in [0.1, 0.15) is 17.9 Å². The van der Waals surface area contributed by atoms with Gasteiger partial charge < -0.3 is 9.67 Å². The van der Waals surface area contributed by atoms with Gasteiger partial charge >= 0.3 is 0 Å². The summed E-state index contributed by atoms with van der Waals surface area (Å²) >= 11 is 0. The molecule has 0 aliphatic heterocycles. The number of imidazole rings is 1. The number of nitrogens with zero attached hydrogens (tertiary/aromatic N) is 3. The Morgan fingerprint density at radius 3 is 2.92 bits per heavy atom. The number of aliphatic hydroxyl groups excluding tert-OH is 1. The van der Waals surface area contributed by atoms with Crippen LogP contribution in [-0.4, -0.2) is 19.6 Å². The molecule has 0 bridgehead atoms. The first-order chi connectivity index (χ1) is 6.24. The van der Waals surface area contributed by atoms with Gasteiger partial charge in [0.2, 0.25) is 0 Å². The molecular weight excluding hydrogens is 166 g/mol. The van der Waals surface area contributed by atoms with Gasteiger partial charge in [-0.15, -0.1) is 0 Å². The summed E-state index contributed by atoms with van der Waals surface area (Å²) in [5.41, 5.74) is 2.78. The zero-order valence-electron chi connectivity index (χ0n) is 7.65. The van der Waals surface area contributed by atoms with Crippen LogP contribution in [0.4, 0.5) is 0 Å². The summed E-state index contributed by atoms with van der Waals surface area (Å²) in [6.45, 7) is 1.93.